The normalized spacial score (nSPS) is 14.7. The minimum absolute atomic E-state index is 0.211. The lowest BCUT2D eigenvalue weighted by Crippen LogP contribution is -2.40. The van der Waals surface area contributed by atoms with Gasteiger partial charge in [-0.2, -0.15) is 0 Å². The maximum Gasteiger partial charge on any atom is 0.338 e. The number of carbonyl (C=O) groups is 1. The summed E-state index contributed by atoms with van der Waals surface area (Å²) in [6.07, 6.45) is 3.17. The number of rotatable bonds is 10. The van der Waals surface area contributed by atoms with E-state index in [0.29, 0.717) is 49.6 Å². The number of hydrogen-bond acceptors (Lipinski definition) is 7. The van der Waals surface area contributed by atoms with Crippen LogP contribution in [0.2, 0.25) is 0 Å². The molecule has 3 aromatic carbocycles. The highest BCUT2D eigenvalue weighted by Crippen LogP contribution is 2.36. The van der Waals surface area contributed by atoms with Crippen LogP contribution in [0.3, 0.4) is 0 Å². The lowest BCUT2D eigenvalue weighted by molar-refractivity contribution is -0.139. The maximum atomic E-state index is 14.1. The van der Waals surface area contributed by atoms with E-state index in [-0.39, 0.29) is 12.2 Å². The van der Waals surface area contributed by atoms with Gasteiger partial charge in [0.1, 0.15) is 18.1 Å². The van der Waals surface area contributed by atoms with Gasteiger partial charge in [0.25, 0.3) is 5.56 Å². The van der Waals surface area contributed by atoms with Gasteiger partial charge in [-0.15, -0.1) is 0 Å². The smallest absolute Gasteiger partial charge is 0.338 e. The number of ether oxygens (including phenoxy) is 3. The zero-order chi connectivity index (χ0) is 30.5. The van der Waals surface area contributed by atoms with Gasteiger partial charge in [0.15, 0.2) is 4.80 Å². The number of thiazole rings is 1. The number of allylic oxidation sites excluding steroid dienone is 1. The predicted molar refractivity (Wildman–Crippen MR) is 175 cm³/mol. The van der Waals surface area contributed by atoms with Gasteiger partial charge >= 0.3 is 5.97 Å². The molecule has 0 unspecified atom stereocenters. The number of carbonyl (C=O) groups excluding carboxylic acids is 1. The summed E-state index contributed by atoms with van der Waals surface area (Å²) in [5.41, 5.74) is 3.29. The van der Waals surface area contributed by atoms with Crippen molar-refractivity contribution in [3.05, 3.63) is 123 Å². The second kappa shape index (κ2) is 13.9. The van der Waals surface area contributed by atoms with Crippen LogP contribution in [-0.4, -0.2) is 24.3 Å². The molecule has 0 radical (unpaired) electrons. The van der Waals surface area contributed by atoms with Crippen molar-refractivity contribution in [1.82, 2.24) is 4.57 Å². The van der Waals surface area contributed by atoms with Crippen molar-refractivity contribution in [3.63, 3.8) is 0 Å². The molecule has 7 nitrogen and oxygen atoms in total. The Kier molecular flexibility index (Phi) is 10.00. The van der Waals surface area contributed by atoms with Crippen molar-refractivity contribution in [2.45, 2.75) is 39.3 Å². The number of nitrogens with zero attached hydrogens (tertiary/aromatic N) is 2. The summed E-state index contributed by atoms with van der Waals surface area (Å²) in [5, 5.41) is 0. The van der Waals surface area contributed by atoms with Crippen LogP contribution in [0.25, 0.3) is 6.08 Å². The van der Waals surface area contributed by atoms with Gasteiger partial charge in [0.05, 0.1) is 40.0 Å². The molecule has 10 heteroatoms. The second-order valence-electron chi connectivity index (χ2n) is 9.76. The Labute approximate surface area is 270 Å². The number of halogens is 2. The largest absolute Gasteiger partial charge is 0.496 e. The average Bonchev–Trinajstić information content (AvgIpc) is 3.31. The molecule has 0 saturated carbocycles. The predicted octanol–water partition coefficient (Wildman–Crippen LogP) is 6.69. The van der Waals surface area contributed by atoms with E-state index in [1.807, 2.05) is 79.7 Å². The molecule has 0 N–H and O–H groups in total. The quantitative estimate of drug-likeness (QED) is 0.170. The number of para-hydroxylation sites is 1. The van der Waals surface area contributed by atoms with E-state index >= 15 is 0 Å². The Morgan fingerprint density at radius 3 is 2.51 bits per heavy atom. The minimum atomic E-state index is -0.717. The van der Waals surface area contributed by atoms with Crippen molar-refractivity contribution < 1.29 is 19.0 Å². The second-order valence-corrected chi connectivity index (χ2v) is 12.5. The zero-order valence-electron chi connectivity index (χ0n) is 23.9. The molecule has 0 amide bonds. The SMILES string of the molecule is CCCC1=C(C(=O)OCC)[C@@H](c2ccc(OC)c(Br)c2)n2c(s/c(=C\c3ccccc3OCc3ccc(Br)cc3)c2=O)=N1. The Morgan fingerprint density at radius 1 is 1.05 bits per heavy atom. The van der Waals surface area contributed by atoms with Gasteiger partial charge in [0, 0.05) is 10.0 Å². The number of esters is 1. The summed E-state index contributed by atoms with van der Waals surface area (Å²) in [6.45, 7) is 4.39. The monoisotopic (exact) mass is 724 g/mol. The standard InChI is InChI=1S/C33H30Br2N2O5S/c1-4-8-25-29(32(39)41-5-2)30(22-13-16-27(40-3)24(35)17-22)37-31(38)28(43-33(37)36-25)18-21-9-6-7-10-26(21)42-19-20-11-14-23(34)15-12-20/h6-7,9-18,30H,4-5,8,19H2,1-3H3/b28-18-/t30-/m1/s1. The van der Waals surface area contributed by atoms with Gasteiger partial charge in [0.2, 0.25) is 0 Å². The van der Waals surface area contributed by atoms with Gasteiger partial charge in [-0.1, -0.05) is 77.0 Å². The topological polar surface area (TPSA) is 79.1 Å². The van der Waals surface area contributed by atoms with E-state index in [2.05, 4.69) is 31.9 Å². The number of hydrogen-bond donors (Lipinski definition) is 0. The molecule has 1 aromatic heterocycles. The van der Waals surface area contributed by atoms with Crippen LogP contribution < -0.4 is 24.4 Å². The minimum Gasteiger partial charge on any atom is -0.496 e. The molecule has 1 atom stereocenters. The zero-order valence-corrected chi connectivity index (χ0v) is 27.9. The van der Waals surface area contributed by atoms with Gasteiger partial charge < -0.3 is 14.2 Å². The highest BCUT2D eigenvalue weighted by Gasteiger charge is 2.34. The molecule has 2 heterocycles. The van der Waals surface area contributed by atoms with E-state index in [9.17, 15) is 9.59 Å². The van der Waals surface area contributed by atoms with E-state index in [4.69, 9.17) is 19.2 Å². The van der Waals surface area contributed by atoms with Crippen LogP contribution in [0.1, 0.15) is 49.4 Å². The molecular weight excluding hydrogens is 696 g/mol. The molecule has 1 aliphatic rings. The first-order chi connectivity index (χ1) is 20.8. The first kappa shape index (κ1) is 31.0. The highest BCUT2D eigenvalue weighted by molar-refractivity contribution is 9.10. The molecule has 5 rings (SSSR count). The van der Waals surface area contributed by atoms with E-state index in [1.165, 1.54) is 11.3 Å². The van der Waals surface area contributed by atoms with Gasteiger partial charge in [-0.3, -0.25) is 9.36 Å². The van der Waals surface area contributed by atoms with Crippen LogP contribution in [0.15, 0.2) is 96.7 Å². The third-order valence-electron chi connectivity index (χ3n) is 6.90. The lowest BCUT2D eigenvalue weighted by atomic mass is 9.94. The van der Waals surface area contributed by atoms with Crippen LogP contribution in [0.5, 0.6) is 11.5 Å². The van der Waals surface area contributed by atoms with Crippen molar-refractivity contribution in [2.75, 3.05) is 13.7 Å². The van der Waals surface area contributed by atoms with Gasteiger partial charge in [-0.25, -0.2) is 9.79 Å². The summed E-state index contributed by atoms with van der Waals surface area (Å²) in [5.74, 6) is 0.824. The summed E-state index contributed by atoms with van der Waals surface area (Å²) >= 11 is 8.32. The van der Waals surface area contributed by atoms with Crippen LogP contribution in [0.4, 0.5) is 0 Å². The average molecular weight is 726 g/mol. The van der Waals surface area contributed by atoms with Crippen molar-refractivity contribution in [2.24, 2.45) is 4.99 Å². The fourth-order valence-electron chi connectivity index (χ4n) is 4.90. The molecule has 1 aliphatic heterocycles. The van der Waals surface area contributed by atoms with Crippen molar-refractivity contribution in [3.8, 4) is 11.5 Å². The van der Waals surface area contributed by atoms with Gasteiger partial charge in [-0.05, 0) is 76.8 Å². The van der Waals surface area contributed by atoms with Crippen molar-refractivity contribution in [1.29, 1.82) is 0 Å². The number of aromatic nitrogens is 1. The number of benzene rings is 3. The Morgan fingerprint density at radius 2 is 1.81 bits per heavy atom. The molecule has 0 bridgehead atoms. The molecule has 43 heavy (non-hydrogen) atoms. The van der Waals surface area contributed by atoms with Crippen LogP contribution >= 0.6 is 43.2 Å². The third kappa shape index (κ3) is 6.71. The van der Waals surface area contributed by atoms with Crippen LogP contribution in [-0.2, 0) is 16.1 Å². The number of methoxy groups -OCH3 is 1. The maximum absolute atomic E-state index is 14.1. The molecule has 0 aliphatic carbocycles. The fraction of sp³-hybridized carbons (Fsp3) is 0.242. The van der Waals surface area contributed by atoms with Crippen LogP contribution in [0, 0.1) is 0 Å². The first-order valence-electron chi connectivity index (χ1n) is 13.9. The molecular formula is C33H30Br2N2O5S. The number of fused-ring (bicyclic) bond motifs is 1. The first-order valence-corrected chi connectivity index (χ1v) is 16.3. The summed E-state index contributed by atoms with van der Waals surface area (Å²) in [7, 11) is 1.59. The summed E-state index contributed by atoms with van der Waals surface area (Å²) in [6, 6.07) is 20.4. The molecule has 222 valence electrons. The molecule has 0 saturated heterocycles. The third-order valence-corrected chi connectivity index (χ3v) is 9.03. The summed E-state index contributed by atoms with van der Waals surface area (Å²) in [4.78, 5) is 33.0. The van der Waals surface area contributed by atoms with Crippen molar-refractivity contribution >= 4 is 55.2 Å². The Balaban J connectivity index is 1.64. The molecule has 0 fully saturated rings. The van der Waals surface area contributed by atoms with E-state index in [1.54, 1.807) is 18.6 Å². The highest BCUT2D eigenvalue weighted by atomic mass is 79.9. The lowest BCUT2D eigenvalue weighted by Gasteiger charge is -2.26. The molecule has 0 spiro atoms. The molecule has 4 aromatic rings. The van der Waals surface area contributed by atoms with E-state index in [0.717, 1.165) is 27.6 Å². The summed E-state index contributed by atoms with van der Waals surface area (Å²) < 4.78 is 20.9. The Bertz CT molecular complexity index is 1860. The van der Waals surface area contributed by atoms with E-state index < -0.39 is 12.0 Å². The fourth-order valence-corrected chi connectivity index (χ4v) is 6.74. The Hall–Kier alpha value is -3.47.